The first kappa shape index (κ1) is 22.1. The summed E-state index contributed by atoms with van der Waals surface area (Å²) in [6.45, 7) is 1.68. The maximum atomic E-state index is 12.5. The number of carbonyl (C=O) groups is 1. The number of nitro groups is 1. The molecule has 172 valence electrons. The Labute approximate surface area is 188 Å². The summed E-state index contributed by atoms with van der Waals surface area (Å²) >= 11 is 0. The van der Waals surface area contributed by atoms with Crippen molar-refractivity contribution in [2.45, 2.75) is 12.8 Å². The van der Waals surface area contributed by atoms with E-state index in [-0.39, 0.29) is 57.7 Å². The molecule has 0 atom stereocenters. The number of piperidine rings is 1. The van der Waals surface area contributed by atoms with Crippen LogP contribution in [0, 0.1) is 16.0 Å². The van der Waals surface area contributed by atoms with Crippen molar-refractivity contribution in [3.8, 4) is 34.3 Å². The zero-order chi connectivity index (χ0) is 23.5. The van der Waals surface area contributed by atoms with Crippen molar-refractivity contribution in [2.75, 3.05) is 25.5 Å². The van der Waals surface area contributed by atoms with Crippen molar-refractivity contribution in [2.24, 2.45) is 5.92 Å². The number of amides is 1. The maximum Gasteiger partial charge on any atom is 0.269 e. The summed E-state index contributed by atoms with van der Waals surface area (Å²) in [5.41, 5.74) is -0.0139. The predicted molar refractivity (Wildman–Crippen MR) is 117 cm³/mol. The van der Waals surface area contributed by atoms with E-state index >= 15 is 0 Å². The van der Waals surface area contributed by atoms with E-state index in [0.29, 0.717) is 0 Å². The van der Waals surface area contributed by atoms with Gasteiger partial charge in [-0.25, -0.2) is 0 Å². The van der Waals surface area contributed by atoms with Crippen LogP contribution in [0.25, 0.3) is 11.3 Å². The minimum atomic E-state index is -0.536. The second-order valence-corrected chi connectivity index (χ2v) is 7.83. The lowest BCUT2D eigenvalue weighted by Crippen LogP contribution is -2.35. The molecule has 2 heterocycles. The minimum Gasteiger partial charge on any atom is -0.508 e. The summed E-state index contributed by atoms with van der Waals surface area (Å²) in [5, 5.41) is 37.8. The number of benzene rings is 2. The molecule has 11 nitrogen and oxygen atoms in total. The topological polar surface area (TPSA) is 151 Å². The van der Waals surface area contributed by atoms with Crippen molar-refractivity contribution in [1.29, 1.82) is 0 Å². The fourth-order valence-electron chi connectivity index (χ4n) is 3.63. The van der Waals surface area contributed by atoms with Crippen LogP contribution in [0.4, 0.5) is 11.5 Å². The number of aromatic nitrogens is 1. The molecular formula is C22H22N4O7. The number of hydrogen-bond acceptors (Lipinski definition) is 9. The normalized spacial score (nSPS) is 14.7. The van der Waals surface area contributed by atoms with Gasteiger partial charge in [-0.05, 0) is 45.1 Å². The molecule has 0 aliphatic carbocycles. The number of non-ortho nitro benzene ring substituents is 1. The van der Waals surface area contributed by atoms with Gasteiger partial charge in [0.2, 0.25) is 5.91 Å². The Kier molecular flexibility index (Phi) is 6.13. The quantitative estimate of drug-likeness (QED) is 0.374. The molecule has 33 heavy (non-hydrogen) atoms. The summed E-state index contributed by atoms with van der Waals surface area (Å²) in [5.74, 6) is -0.317. The maximum absolute atomic E-state index is 12.5. The Morgan fingerprint density at radius 1 is 1.21 bits per heavy atom. The predicted octanol–water partition coefficient (Wildman–Crippen LogP) is 3.73. The van der Waals surface area contributed by atoms with E-state index in [1.165, 1.54) is 36.4 Å². The first-order chi connectivity index (χ1) is 15.8. The molecule has 1 aliphatic heterocycles. The van der Waals surface area contributed by atoms with Gasteiger partial charge >= 0.3 is 0 Å². The molecule has 0 spiro atoms. The zero-order valence-electron chi connectivity index (χ0n) is 17.7. The number of anilines is 1. The Hall–Kier alpha value is -4.12. The third kappa shape index (κ3) is 5.04. The van der Waals surface area contributed by atoms with Crippen LogP contribution in [0.5, 0.6) is 23.0 Å². The lowest BCUT2D eigenvalue weighted by molar-refractivity contribution is -0.384. The highest BCUT2D eigenvalue weighted by atomic mass is 16.6. The molecule has 1 amide bonds. The van der Waals surface area contributed by atoms with Gasteiger partial charge in [0, 0.05) is 36.2 Å². The Morgan fingerprint density at radius 3 is 2.58 bits per heavy atom. The Bertz CT molecular complexity index is 1170. The van der Waals surface area contributed by atoms with E-state index in [1.54, 1.807) is 0 Å². The largest absolute Gasteiger partial charge is 0.508 e. The number of phenolic OH excluding ortho intramolecular Hbond substituents is 2. The molecule has 11 heteroatoms. The number of phenols is 2. The summed E-state index contributed by atoms with van der Waals surface area (Å²) in [4.78, 5) is 25.0. The molecule has 0 unspecified atom stereocenters. The van der Waals surface area contributed by atoms with Gasteiger partial charge in [0.15, 0.2) is 11.6 Å². The molecule has 0 saturated carbocycles. The zero-order valence-corrected chi connectivity index (χ0v) is 17.7. The molecule has 1 saturated heterocycles. The van der Waals surface area contributed by atoms with Crippen LogP contribution in [0.3, 0.4) is 0 Å². The third-order valence-electron chi connectivity index (χ3n) is 5.44. The van der Waals surface area contributed by atoms with Crippen LogP contribution in [-0.2, 0) is 4.79 Å². The van der Waals surface area contributed by atoms with Gasteiger partial charge in [-0.3, -0.25) is 14.9 Å². The second-order valence-electron chi connectivity index (χ2n) is 7.83. The minimum absolute atomic E-state index is 0.0331. The number of hydrogen-bond donors (Lipinski definition) is 3. The van der Waals surface area contributed by atoms with Crippen molar-refractivity contribution < 1.29 is 29.2 Å². The molecule has 0 bridgehead atoms. The number of nitro benzene ring substituents is 1. The summed E-state index contributed by atoms with van der Waals surface area (Å²) < 4.78 is 11.1. The van der Waals surface area contributed by atoms with Gasteiger partial charge in [0.1, 0.15) is 28.6 Å². The number of aromatic hydroxyl groups is 2. The van der Waals surface area contributed by atoms with Crippen LogP contribution in [0.15, 0.2) is 47.0 Å². The van der Waals surface area contributed by atoms with Gasteiger partial charge in [0.05, 0.1) is 4.92 Å². The van der Waals surface area contributed by atoms with Crippen LogP contribution in [0.1, 0.15) is 12.8 Å². The third-order valence-corrected chi connectivity index (χ3v) is 5.44. The molecule has 1 aromatic heterocycles. The summed E-state index contributed by atoms with van der Waals surface area (Å²) in [7, 11) is 2.01. The number of ether oxygens (including phenoxy) is 1. The monoisotopic (exact) mass is 454 g/mol. The second kappa shape index (κ2) is 9.17. The lowest BCUT2D eigenvalue weighted by Gasteiger charge is -2.27. The van der Waals surface area contributed by atoms with Crippen molar-refractivity contribution >= 4 is 17.4 Å². The first-order valence-electron chi connectivity index (χ1n) is 10.2. The van der Waals surface area contributed by atoms with E-state index in [4.69, 9.17) is 9.26 Å². The van der Waals surface area contributed by atoms with Gasteiger partial charge < -0.3 is 29.7 Å². The summed E-state index contributed by atoms with van der Waals surface area (Å²) in [6.07, 6.45) is 1.50. The molecule has 3 N–H and O–H groups in total. The highest BCUT2D eigenvalue weighted by Crippen LogP contribution is 2.43. The molecule has 0 radical (unpaired) electrons. The first-order valence-corrected chi connectivity index (χ1v) is 10.2. The standard InChI is InChI=1S/C22H22N4O7/c1-25-8-6-13(7-9-25)22(29)23-20-12-19(33-24-20)21-17(28)10-15(27)11-18(21)32-16-4-2-14(3-5-16)26(30)31/h2-5,10-13,27-28H,6-9H2,1H3,(H,23,24,29). The smallest absolute Gasteiger partial charge is 0.269 e. The summed E-state index contributed by atoms with van der Waals surface area (Å²) in [6, 6.07) is 9.12. The van der Waals surface area contributed by atoms with E-state index in [1.807, 2.05) is 7.05 Å². The van der Waals surface area contributed by atoms with Gasteiger partial charge in [0.25, 0.3) is 5.69 Å². The molecule has 3 aromatic rings. The Balaban J connectivity index is 1.56. The van der Waals surface area contributed by atoms with E-state index in [0.717, 1.165) is 32.0 Å². The average Bonchev–Trinajstić information content (AvgIpc) is 3.22. The number of nitrogens with zero attached hydrogens (tertiary/aromatic N) is 3. The number of carbonyl (C=O) groups excluding carboxylic acids is 1. The van der Waals surface area contributed by atoms with Gasteiger partial charge in [-0.15, -0.1) is 0 Å². The molecule has 1 aliphatic rings. The number of rotatable bonds is 6. The average molecular weight is 454 g/mol. The number of likely N-dealkylation sites (tertiary alicyclic amines) is 1. The Morgan fingerprint density at radius 2 is 1.91 bits per heavy atom. The van der Waals surface area contributed by atoms with Crippen LogP contribution < -0.4 is 10.1 Å². The van der Waals surface area contributed by atoms with Crippen LogP contribution in [-0.4, -0.2) is 51.2 Å². The van der Waals surface area contributed by atoms with Crippen LogP contribution in [0.2, 0.25) is 0 Å². The van der Waals surface area contributed by atoms with E-state index in [2.05, 4.69) is 15.4 Å². The fourth-order valence-corrected chi connectivity index (χ4v) is 3.63. The van der Waals surface area contributed by atoms with E-state index < -0.39 is 4.92 Å². The molecular weight excluding hydrogens is 432 g/mol. The van der Waals surface area contributed by atoms with Crippen molar-refractivity contribution in [1.82, 2.24) is 10.1 Å². The highest BCUT2D eigenvalue weighted by Gasteiger charge is 2.25. The fraction of sp³-hybridized carbons (Fsp3) is 0.273. The molecule has 1 fully saturated rings. The van der Waals surface area contributed by atoms with Gasteiger partial charge in [-0.2, -0.15) is 0 Å². The van der Waals surface area contributed by atoms with E-state index in [9.17, 15) is 25.1 Å². The molecule has 4 rings (SSSR count). The van der Waals surface area contributed by atoms with Crippen molar-refractivity contribution in [3.05, 3.63) is 52.6 Å². The lowest BCUT2D eigenvalue weighted by atomic mass is 9.96. The number of nitrogens with one attached hydrogen (secondary N) is 1. The van der Waals surface area contributed by atoms with Crippen molar-refractivity contribution in [3.63, 3.8) is 0 Å². The SMILES string of the molecule is CN1CCC(C(=O)Nc2cc(-c3c(O)cc(O)cc3Oc3ccc([N+](=O)[O-])cc3)on2)CC1. The van der Waals surface area contributed by atoms with Gasteiger partial charge in [-0.1, -0.05) is 5.16 Å². The van der Waals surface area contributed by atoms with Crippen LogP contribution >= 0.6 is 0 Å². The molecule has 2 aromatic carbocycles. The highest BCUT2D eigenvalue weighted by molar-refractivity contribution is 5.92.